The number of unbranched alkanes of at least 4 members (excludes halogenated alkanes) is 15. The highest BCUT2D eigenvalue weighted by atomic mass is 31.2. The Kier molecular flexibility index (Phi) is 36.8. The number of esters is 2. The van der Waals surface area contributed by atoms with Crippen LogP contribution in [0.2, 0.25) is 0 Å². The number of aliphatic hydroxyl groups is 1. The van der Waals surface area contributed by atoms with Gasteiger partial charge in [0.2, 0.25) is 0 Å². The van der Waals surface area contributed by atoms with E-state index in [1.807, 2.05) is 33.3 Å². The first-order valence-electron chi connectivity index (χ1n) is 22.4. The quantitative estimate of drug-likeness (QED) is 0.0211. The van der Waals surface area contributed by atoms with Crippen LogP contribution in [-0.2, 0) is 32.7 Å². The van der Waals surface area contributed by atoms with E-state index in [4.69, 9.17) is 18.5 Å². The van der Waals surface area contributed by atoms with Gasteiger partial charge in [0.1, 0.15) is 19.8 Å². The molecule has 0 amide bonds. The van der Waals surface area contributed by atoms with Crippen molar-refractivity contribution in [1.29, 1.82) is 0 Å². The fraction of sp³-hybridized carbons (Fsp3) is 0.783. The minimum absolute atomic E-state index is 0.0481. The van der Waals surface area contributed by atoms with Gasteiger partial charge in [-0.3, -0.25) is 14.2 Å². The third kappa shape index (κ3) is 41.9. The van der Waals surface area contributed by atoms with E-state index in [0.29, 0.717) is 30.3 Å². The second-order valence-corrected chi connectivity index (χ2v) is 17.7. The molecular weight excluding hydrogens is 741 g/mol. The number of phosphoric ester groups is 1. The maximum atomic E-state index is 12.7. The summed E-state index contributed by atoms with van der Waals surface area (Å²) in [5.74, 6) is -0.918. The lowest BCUT2D eigenvalue weighted by atomic mass is 10.0. The first-order chi connectivity index (χ1) is 27.4. The maximum absolute atomic E-state index is 12.7. The van der Waals surface area contributed by atoms with Crippen molar-refractivity contribution < 1.29 is 47.2 Å². The molecule has 0 aliphatic heterocycles. The molecule has 0 heterocycles. The summed E-state index contributed by atoms with van der Waals surface area (Å²) in [5.41, 5.74) is 0. The van der Waals surface area contributed by atoms with E-state index < -0.39 is 32.5 Å². The van der Waals surface area contributed by atoms with Crippen molar-refractivity contribution in [1.82, 2.24) is 0 Å². The smallest absolute Gasteiger partial charge is 0.306 e. The minimum atomic E-state index is -4.65. The number of nitrogens with zero attached hydrogens (tertiary/aromatic N) is 1. The Morgan fingerprint density at radius 3 is 1.65 bits per heavy atom. The fourth-order valence-corrected chi connectivity index (χ4v) is 6.63. The van der Waals surface area contributed by atoms with Gasteiger partial charge in [-0.2, -0.15) is 0 Å². The van der Waals surface area contributed by atoms with Gasteiger partial charge in [0.05, 0.1) is 33.9 Å². The summed E-state index contributed by atoms with van der Waals surface area (Å²) in [4.78, 5) is 37.5. The van der Waals surface area contributed by atoms with E-state index in [-0.39, 0.29) is 32.2 Å². The van der Waals surface area contributed by atoms with E-state index >= 15 is 0 Å². The first-order valence-corrected chi connectivity index (χ1v) is 23.9. The first kappa shape index (κ1) is 54.9. The number of quaternary nitrogens is 1. The number of phosphoric acid groups is 1. The molecule has 0 aliphatic rings. The van der Waals surface area contributed by atoms with Crippen LogP contribution in [-0.4, -0.2) is 81.2 Å². The Morgan fingerprint density at radius 2 is 1.12 bits per heavy atom. The lowest BCUT2D eigenvalue weighted by Crippen LogP contribution is -2.37. The minimum Gasteiger partial charge on any atom is -0.756 e. The molecule has 3 atom stereocenters. The molecule has 0 aromatic heterocycles. The molecule has 57 heavy (non-hydrogen) atoms. The Labute approximate surface area is 348 Å². The molecule has 0 radical (unpaired) electrons. The molecule has 0 aromatic rings. The number of likely N-dealkylation sites (N-methyl/N-ethyl adjacent to an activating group) is 1. The number of allylic oxidation sites excluding steroid dienone is 7. The molecule has 10 nitrogen and oxygen atoms in total. The molecule has 0 rings (SSSR count). The molecule has 0 saturated heterocycles. The van der Waals surface area contributed by atoms with E-state index in [2.05, 4.69) is 50.3 Å². The third-order valence-electron chi connectivity index (χ3n) is 9.41. The van der Waals surface area contributed by atoms with Crippen LogP contribution < -0.4 is 4.89 Å². The zero-order valence-electron chi connectivity index (χ0n) is 36.9. The van der Waals surface area contributed by atoms with Gasteiger partial charge in [0, 0.05) is 12.8 Å². The number of hydrogen-bond acceptors (Lipinski definition) is 9. The van der Waals surface area contributed by atoms with Gasteiger partial charge in [-0.25, -0.2) is 0 Å². The van der Waals surface area contributed by atoms with Crippen LogP contribution in [0, 0.1) is 0 Å². The highest BCUT2D eigenvalue weighted by Crippen LogP contribution is 2.38. The van der Waals surface area contributed by atoms with Gasteiger partial charge < -0.3 is 33.0 Å². The average Bonchev–Trinajstić information content (AvgIpc) is 3.15. The lowest BCUT2D eigenvalue weighted by Gasteiger charge is -2.28. The molecule has 1 N–H and O–H groups in total. The monoisotopic (exact) mass is 826 g/mol. The van der Waals surface area contributed by atoms with Crippen LogP contribution in [0.25, 0.3) is 0 Å². The molecule has 0 spiro atoms. The van der Waals surface area contributed by atoms with Crippen molar-refractivity contribution in [2.24, 2.45) is 0 Å². The van der Waals surface area contributed by atoms with Crippen LogP contribution in [0.15, 0.2) is 48.6 Å². The second kappa shape index (κ2) is 38.2. The summed E-state index contributed by atoms with van der Waals surface area (Å²) in [6, 6.07) is 0. The van der Waals surface area contributed by atoms with Gasteiger partial charge in [0.25, 0.3) is 7.82 Å². The van der Waals surface area contributed by atoms with Crippen LogP contribution in [0.3, 0.4) is 0 Å². The van der Waals surface area contributed by atoms with Crippen LogP contribution in [0.4, 0.5) is 0 Å². The summed E-state index contributed by atoms with van der Waals surface area (Å²) in [5, 5.41) is 9.74. The van der Waals surface area contributed by atoms with Gasteiger partial charge in [0.15, 0.2) is 6.10 Å². The number of ether oxygens (including phenoxy) is 2. The zero-order chi connectivity index (χ0) is 42.3. The van der Waals surface area contributed by atoms with E-state index in [1.165, 1.54) is 77.0 Å². The van der Waals surface area contributed by atoms with Gasteiger partial charge in [-0.1, -0.05) is 159 Å². The molecule has 0 aromatic carbocycles. The Morgan fingerprint density at radius 1 is 0.632 bits per heavy atom. The third-order valence-corrected chi connectivity index (χ3v) is 10.4. The zero-order valence-corrected chi connectivity index (χ0v) is 37.8. The predicted octanol–water partition coefficient (Wildman–Crippen LogP) is 11.0. The normalized spacial score (nSPS) is 14.6. The Balaban J connectivity index is 4.46. The number of hydrogen-bond donors (Lipinski definition) is 1. The number of carbonyl (C=O) groups excluding carboxylic acids is 2. The van der Waals surface area contributed by atoms with E-state index in [0.717, 1.165) is 51.4 Å². The predicted molar refractivity (Wildman–Crippen MR) is 233 cm³/mol. The highest BCUT2D eigenvalue weighted by molar-refractivity contribution is 7.45. The summed E-state index contributed by atoms with van der Waals surface area (Å²) in [6.07, 6.45) is 40.6. The molecular formula is C46H84NO9P. The highest BCUT2D eigenvalue weighted by Gasteiger charge is 2.21. The van der Waals surface area contributed by atoms with Gasteiger partial charge in [-0.05, 0) is 51.4 Å². The van der Waals surface area contributed by atoms with Crippen molar-refractivity contribution in [2.45, 2.75) is 187 Å². The molecule has 0 fully saturated rings. The molecule has 332 valence electrons. The van der Waals surface area contributed by atoms with E-state index in [1.54, 1.807) is 0 Å². The summed E-state index contributed by atoms with van der Waals surface area (Å²) >= 11 is 0. The molecule has 2 unspecified atom stereocenters. The maximum Gasteiger partial charge on any atom is 0.306 e. The number of aliphatic hydroxyl groups excluding tert-OH is 1. The molecule has 0 bridgehead atoms. The average molecular weight is 826 g/mol. The standard InChI is InChI=1S/C46H84NO9P/c1-6-8-9-10-11-12-13-14-15-18-21-24-27-30-33-37-45(49)53-41-44(42-55-57(51,52)54-40-39-47(3,4)5)56-46(50)38-34-31-28-25-22-19-16-17-20-23-26-29-32-36-43(48)35-7-2/h16,19-20,23,25,28-29,32,43-44,48H,6-15,17-18,21-22,24,26-27,30-31,33-42H2,1-5H3/b19-16-,23-20-,28-25-,32-29-/t43?,44-/m1/s1. The van der Waals surface area contributed by atoms with E-state index in [9.17, 15) is 24.2 Å². The molecule has 0 aliphatic carbocycles. The van der Waals surface area contributed by atoms with Crippen molar-refractivity contribution in [3.8, 4) is 0 Å². The lowest BCUT2D eigenvalue weighted by molar-refractivity contribution is -0.870. The van der Waals surface area contributed by atoms with Crippen molar-refractivity contribution >= 4 is 19.8 Å². The number of carbonyl (C=O) groups is 2. The molecule has 0 saturated carbocycles. The summed E-state index contributed by atoms with van der Waals surface area (Å²) in [7, 11) is 1.11. The van der Waals surface area contributed by atoms with Gasteiger partial charge >= 0.3 is 11.9 Å². The topological polar surface area (TPSA) is 131 Å². The molecule has 11 heteroatoms. The second-order valence-electron chi connectivity index (χ2n) is 16.2. The van der Waals surface area contributed by atoms with Gasteiger partial charge in [-0.15, -0.1) is 0 Å². The SMILES string of the molecule is CCCCCCCCCCCCCCCCCC(=O)OC[C@H](COP(=O)([O-])OCC[N+](C)(C)C)OC(=O)CCC/C=C\C/C=C\C/C=C\C/C=C\CC(O)CCC. The van der Waals surface area contributed by atoms with Crippen molar-refractivity contribution in [3.05, 3.63) is 48.6 Å². The Bertz CT molecular complexity index is 1130. The Hall–Kier alpha value is -2.07. The van der Waals surface area contributed by atoms with Crippen molar-refractivity contribution in [2.75, 3.05) is 47.5 Å². The van der Waals surface area contributed by atoms with Crippen LogP contribution >= 0.6 is 7.82 Å². The largest absolute Gasteiger partial charge is 0.756 e. The summed E-state index contributed by atoms with van der Waals surface area (Å²) < 4.78 is 33.8. The van der Waals surface area contributed by atoms with Crippen molar-refractivity contribution in [3.63, 3.8) is 0 Å². The summed E-state index contributed by atoms with van der Waals surface area (Å²) in [6.45, 7) is 3.95. The number of rotatable bonds is 40. The van der Waals surface area contributed by atoms with Crippen LogP contribution in [0.1, 0.15) is 174 Å². The van der Waals surface area contributed by atoms with Crippen LogP contribution in [0.5, 0.6) is 0 Å². The fourth-order valence-electron chi connectivity index (χ4n) is 5.90.